The lowest BCUT2D eigenvalue weighted by atomic mass is 9.99. The summed E-state index contributed by atoms with van der Waals surface area (Å²) in [5.41, 5.74) is 0. The van der Waals surface area contributed by atoms with Gasteiger partial charge in [0.15, 0.2) is 6.29 Å². The first-order chi connectivity index (χ1) is 19.3. The van der Waals surface area contributed by atoms with Crippen LogP contribution in [0.3, 0.4) is 0 Å². The van der Waals surface area contributed by atoms with E-state index in [1.165, 1.54) is 103 Å². The molecule has 1 saturated heterocycles. The van der Waals surface area contributed by atoms with Gasteiger partial charge in [-0.3, -0.25) is 4.79 Å². The monoisotopic (exact) mass is 575 g/mol. The normalized spacial score (nSPS) is 24.6. The quantitative estimate of drug-likeness (QED) is 0.0892. The van der Waals surface area contributed by atoms with Crippen molar-refractivity contribution in [3.8, 4) is 0 Å². The molecule has 7 atom stereocenters. The first-order valence-electron chi connectivity index (χ1n) is 16.2. The average molecular weight is 576 g/mol. The van der Waals surface area contributed by atoms with Crippen LogP contribution in [-0.2, 0) is 14.3 Å². The van der Waals surface area contributed by atoms with E-state index < -0.39 is 49.5 Å². The lowest BCUT2D eigenvalue weighted by molar-refractivity contribution is -0.302. The van der Waals surface area contributed by atoms with E-state index in [9.17, 15) is 30.3 Å². The van der Waals surface area contributed by atoms with E-state index in [4.69, 9.17) is 9.47 Å². The molecule has 9 nitrogen and oxygen atoms in total. The Morgan fingerprint density at radius 1 is 0.750 bits per heavy atom. The van der Waals surface area contributed by atoms with Gasteiger partial charge in [0, 0.05) is 6.92 Å². The summed E-state index contributed by atoms with van der Waals surface area (Å²) in [6, 6.07) is -0.712. The van der Waals surface area contributed by atoms with E-state index in [0.717, 1.165) is 19.3 Å². The van der Waals surface area contributed by atoms with Crippen LogP contribution in [0.15, 0.2) is 0 Å². The molecule has 0 saturated carbocycles. The second kappa shape index (κ2) is 23.7. The summed E-state index contributed by atoms with van der Waals surface area (Å²) >= 11 is 0. The Kier molecular flexibility index (Phi) is 22.1. The number of aliphatic hydroxyl groups excluding tert-OH is 5. The molecular formula is C31H61NO8. The molecule has 1 amide bonds. The number of hydrogen-bond acceptors (Lipinski definition) is 8. The van der Waals surface area contributed by atoms with Gasteiger partial charge >= 0.3 is 0 Å². The number of unbranched alkanes of at least 4 members (excludes halogenated alkanes) is 17. The number of amides is 1. The second-order valence-electron chi connectivity index (χ2n) is 11.7. The molecule has 1 aliphatic rings. The molecule has 1 rings (SSSR count). The third kappa shape index (κ3) is 16.6. The summed E-state index contributed by atoms with van der Waals surface area (Å²) in [7, 11) is 0. The van der Waals surface area contributed by atoms with Crippen LogP contribution in [0.2, 0.25) is 0 Å². The molecule has 40 heavy (non-hydrogen) atoms. The summed E-state index contributed by atoms with van der Waals surface area (Å²) < 4.78 is 10.9. The Balaban J connectivity index is 2.09. The number of nitrogens with one attached hydrogen (secondary N) is 1. The standard InChI is InChI=1S/C31H61NO8/c1-3-4-5-6-7-8-9-10-11-12-13-14-15-16-17-18-19-20-21-26(35)25(32-24(2)34)23-39-31-30(38)29(37)28(36)27(22-33)40-31/h25-31,33,35-38H,3-23H2,1-2H3,(H,32,34). The molecular weight excluding hydrogens is 514 g/mol. The summed E-state index contributed by atoms with van der Waals surface area (Å²) in [6.45, 7) is 2.91. The fourth-order valence-corrected chi connectivity index (χ4v) is 5.37. The minimum atomic E-state index is -1.54. The largest absolute Gasteiger partial charge is 0.394 e. The van der Waals surface area contributed by atoms with Gasteiger partial charge in [0.1, 0.15) is 24.4 Å². The Bertz CT molecular complexity index is 608. The third-order valence-corrected chi connectivity index (χ3v) is 8.00. The van der Waals surface area contributed by atoms with Crippen LogP contribution in [0.25, 0.3) is 0 Å². The van der Waals surface area contributed by atoms with Gasteiger partial charge in [-0.1, -0.05) is 122 Å². The highest BCUT2D eigenvalue weighted by atomic mass is 16.7. The maximum Gasteiger partial charge on any atom is 0.217 e. The van der Waals surface area contributed by atoms with Crippen molar-refractivity contribution in [1.82, 2.24) is 5.32 Å². The SMILES string of the molecule is CCCCCCCCCCCCCCCCCCCCC(O)C(COC1OC(CO)C(O)C(O)C1O)NC(C)=O. The lowest BCUT2D eigenvalue weighted by Gasteiger charge is -2.40. The molecule has 0 aromatic rings. The number of hydrogen-bond donors (Lipinski definition) is 6. The molecule has 6 N–H and O–H groups in total. The number of aliphatic hydroxyl groups is 5. The Hall–Kier alpha value is -0.810. The van der Waals surface area contributed by atoms with Gasteiger partial charge in [0.05, 0.1) is 25.4 Å². The molecule has 0 spiro atoms. The highest BCUT2D eigenvalue weighted by Gasteiger charge is 2.44. The van der Waals surface area contributed by atoms with E-state index in [1.807, 2.05) is 0 Å². The Labute approximate surface area is 243 Å². The lowest BCUT2D eigenvalue weighted by Crippen LogP contribution is -2.60. The predicted molar refractivity (Wildman–Crippen MR) is 157 cm³/mol. The number of ether oxygens (including phenoxy) is 2. The maximum atomic E-state index is 11.6. The van der Waals surface area contributed by atoms with Gasteiger partial charge < -0.3 is 40.3 Å². The predicted octanol–water partition coefficient (Wildman–Crippen LogP) is 4.10. The van der Waals surface area contributed by atoms with Gasteiger partial charge in [-0.2, -0.15) is 0 Å². The van der Waals surface area contributed by atoms with E-state index in [0.29, 0.717) is 6.42 Å². The van der Waals surface area contributed by atoms with Crippen LogP contribution < -0.4 is 5.32 Å². The van der Waals surface area contributed by atoms with Gasteiger partial charge in [-0.15, -0.1) is 0 Å². The summed E-state index contributed by atoms with van der Waals surface area (Å²) in [5, 5.41) is 52.6. The molecule has 1 fully saturated rings. The van der Waals surface area contributed by atoms with E-state index in [1.54, 1.807) is 0 Å². The number of carbonyl (C=O) groups excluding carboxylic acids is 1. The van der Waals surface area contributed by atoms with E-state index >= 15 is 0 Å². The molecule has 1 heterocycles. The van der Waals surface area contributed by atoms with Crippen molar-refractivity contribution < 1.29 is 39.8 Å². The molecule has 0 aromatic heterocycles. The second-order valence-corrected chi connectivity index (χ2v) is 11.7. The van der Waals surface area contributed by atoms with Gasteiger partial charge in [-0.25, -0.2) is 0 Å². The van der Waals surface area contributed by atoms with Crippen molar-refractivity contribution in [3.05, 3.63) is 0 Å². The summed E-state index contributed by atoms with van der Waals surface area (Å²) in [4.78, 5) is 11.6. The molecule has 1 aliphatic heterocycles. The molecule has 0 aromatic carbocycles. The van der Waals surface area contributed by atoms with Crippen LogP contribution in [0, 0.1) is 0 Å². The fourth-order valence-electron chi connectivity index (χ4n) is 5.37. The van der Waals surface area contributed by atoms with Crippen LogP contribution in [0.5, 0.6) is 0 Å². The third-order valence-electron chi connectivity index (χ3n) is 8.00. The van der Waals surface area contributed by atoms with Crippen molar-refractivity contribution in [3.63, 3.8) is 0 Å². The highest BCUT2D eigenvalue weighted by Crippen LogP contribution is 2.22. The smallest absolute Gasteiger partial charge is 0.217 e. The molecule has 238 valence electrons. The maximum absolute atomic E-state index is 11.6. The number of rotatable bonds is 25. The van der Waals surface area contributed by atoms with Crippen LogP contribution in [-0.4, -0.2) is 87.5 Å². The zero-order valence-electron chi connectivity index (χ0n) is 25.4. The van der Waals surface area contributed by atoms with Crippen LogP contribution in [0.4, 0.5) is 0 Å². The topological polar surface area (TPSA) is 149 Å². The zero-order valence-corrected chi connectivity index (χ0v) is 25.4. The fraction of sp³-hybridized carbons (Fsp3) is 0.968. The molecule has 0 bridgehead atoms. The van der Waals surface area contributed by atoms with Gasteiger partial charge in [-0.05, 0) is 6.42 Å². The van der Waals surface area contributed by atoms with E-state index in [-0.39, 0.29) is 12.5 Å². The van der Waals surface area contributed by atoms with Crippen molar-refractivity contribution in [2.75, 3.05) is 13.2 Å². The highest BCUT2D eigenvalue weighted by molar-refractivity contribution is 5.73. The average Bonchev–Trinajstić information content (AvgIpc) is 2.93. The van der Waals surface area contributed by atoms with Gasteiger partial charge in [0.25, 0.3) is 0 Å². The van der Waals surface area contributed by atoms with Crippen molar-refractivity contribution >= 4 is 5.91 Å². The Morgan fingerprint density at radius 3 is 1.62 bits per heavy atom. The summed E-state index contributed by atoms with van der Waals surface area (Å²) in [5.74, 6) is -0.320. The minimum absolute atomic E-state index is 0.150. The number of carbonyl (C=O) groups is 1. The minimum Gasteiger partial charge on any atom is -0.394 e. The van der Waals surface area contributed by atoms with Gasteiger partial charge in [0.2, 0.25) is 5.91 Å². The first kappa shape index (κ1) is 37.2. The summed E-state index contributed by atoms with van der Waals surface area (Å²) in [6.07, 6.45) is 16.0. The van der Waals surface area contributed by atoms with Crippen LogP contribution >= 0.6 is 0 Å². The van der Waals surface area contributed by atoms with Crippen LogP contribution in [0.1, 0.15) is 136 Å². The molecule has 9 heteroatoms. The van der Waals surface area contributed by atoms with Crippen molar-refractivity contribution in [2.45, 2.75) is 179 Å². The zero-order chi connectivity index (χ0) is 29.6. The molecule has 0 radical (unpaired) electrons. The molecule has 0 aliphatic carbocycles. The van der Waals surface area contributed by atoms with Crippen molar-refractivity contribution in [2.24, 2.45) is 0 Å². The first-order valence-corrected chi connectivity index (χ1v) is 16.2. The van der Waals surface area contributed by atoms with E-state index in [2.05, 4.69) is 12.2 Å². The molecule has 7 unspecified atom stereocenters. The van der Waals surface area contributed by atoms with Crippen molar-refractivity contribution in [1.29, 1.82) is 0 Å². The Morgan fingerprint density at radius 2 is 1.20 bits per heavy atom.